The summed E-state index contributed by atoms with van der Waals surface area (Å²) in [7, 11) is 0. The van der Waals surface area contributed by atoms with Gasteiger partial charge in [-0.1, -0.05) is 5.16 Å². The molecule has 1 aliphatic carbocycles. The van der Waals surface area contributed by atoms with E-state index in [1.807, 2.05) is 0 Å². The fourth-order valence-corrected chi connectivity index (χ4v) is 4.10. The van der Waals surface area contributed by atoms with Gasteiger partial charge in [-0.3, -0.25) is 9.79 Å². The third-order valence-corrected chi connectivity index (χ3v) is 5.73. The summed E-state index contributed by atoms with van der Waals surface area (Å²) in [6, 6.07) is 3.21. The second kappa shape index (κ2) is 5.69. The number of aliphatic imine (C=N–C) groups is 1. The van der Waals surface area contributed by atoms with Crippen LogP contribution in [0.15, 0.2) is 21.6 Å². The highest BCUT2D eigenvalue weighted by Crippen LogP contribution is 2.38. The monoisotopic (exact) mass is 369 g/mol. The first-order valence-corrected chi connectivity index (χ1v) is 8.61. The number of thiophene rings is 1. The predicted octanol–water partition coefficient (Wildman–Crippen LogP) is 3.69. The number of fused-ring (bicyclic) bond motifs is 2. The van der Waals surface area contributed by atoms with E-state index in [0.29, 0.717) is 22.2 Å². The highest BCUT2D eigenvalue weighted by molar-refractivity contribution is 7.17. The first-order valence-electron chi connectivity index (χ1n) is 7.79. The zero-order valence-corrected chi connectivity index (χ0v) is 14.0. The van der Waals surface area contributed by atoms with Gasteiger partial charge in [0.1, 0.15) is 5.69 Å². The van der Waals surface area contributed by atoms with Gasteiger partial charge in [-0.15, -0.1) is 11.3 Å². The van der Waals surface area contributed by atoms with Gasteiger partial charge in [0, 0.05) is 11.3 Å². The lowest BCUT2D eigenvalue weighted by molar-refractivity contribution is -0.156. The van der Waals surface area contributed by atoms with Gasteiger partial charge in [-0.2, -0.15) is 13.2 Å². The van der Waals surface area contributed by atoms with Gasteiger partial charge in [0.25, 0.3) is 5.91 Å². The van der Waals surface area contributed by atoms with Crippen LogP contribution in [0.5, 0.6) is 0 Å². The van der Waals surface area contributed by atoms with Crippen LogP contribution in [-0.2, 0) is 6.18 Å². The molecule has 2 aliphatic heterocycles. The van der Waals surface area contributed by atoms with E-state index in [0.717, 1.165) is 24.2 Å². The van der Waals surface area contributed by atoms with Gasteiger partial charge in [0.05, 0.1) is 22.3 Å². The standard InChI is InChI=1S/C16H14F3N3O2S/c1-7-13(22-24-14(7)16(17,18)19)11-2-3-12(25-11)15(23)21-10-6-20-9-4-8(10)5-9/h2-3,8,10H,4-6H2,1H3,(H,21,23). The van der Waals surface area contributed by atoms with Crippen LogP contribution in [-0.4, -0.2) is 29.4 Å². The van der Waals surface area contributed by atoms with Crippen molar-refractivity contribution in [3.05, 3.63) is 28.3 Å². The second-order valence-corrected chi connectivity index (χ2v) is 7.39. The molecule has 1 amide bonds. The van der Waals surface area contributed by atoms with Crippen LogP contribution in [0.4, 0.5) is 13.2 Å². The average molecular weight is 369 g/mol. The minimum absolute atomic E-state index is 0.0289. The van der Waals surface area contributed by atoms with Crippen molar-refractivity contribution in [2.75, 3.05) is 6.54 Å². The molecule has 1 N–H and O–H groups in total. The largest absolute Gasteiger partial charge is 0.452 e. The van der Waals surface area contributed by atoms with Crippen LogP contribution >= 0.6 is 11.3 Å². The van der Waals surface area contributed by atoms with E-state index in [4.69, 9.17) is 0 Å². The van der Waals surface area contributed by atoms with Crippen molar-refractivity contribution in [2.24, 2.45) is 10.9 Å². The fraction of sp³-hybridized carbons (Fsp3) is 0.438. The SMILES string of the molecule is Cc1c(-c2ccc(C(=O)NC3CN=C4CC3C4)s2)noc1C(F)(F)F. The number of carbonyl (C=O) groups excluding carboxylic acids is 1. The minimum Gasteiger partial charge on any atom is -0.351 e. The zero-order chi connectivity index (χ0) is 17.8. The maximum atomic E-state index is 12.8. The summed E-state index contributed by atoms with van der Waals surface area (Å²) in [5, 5.41) is 6.50. The smallest absolute Gasteiger partial charge is 0.351 e. The Labute approximate surface area is 144 Å². The fourth-order valence-electron chi connectivity index (χ4n) is 3.16. The third-order valence-electron chi connectivity index (χ3n) is 4.64. The second-order valence-electron chi connectivity index (χ2n) is 6.30. The number of carbonyl (C=O) groups is 1. The van der Waals surface area contributed by atoms with E-state index in [1.54, 1.807) is 12.1 Å². The molecule has 5 nitrogen and oxygen atoms in total. The lowest BCUT2D eigenvalue weighted by Gasteiger charge is -2.39. The summed E-state index contributed by atoms with van der Waals surface area (Å²) in [6.07, 6.45) is -2.70. The van der Waals surface area contributed by atoms with E-state index >= 15 is 0 Å². The molecule has 0 radical (unpaired) electrons. The molecule has 132 valence electrons. The number of nitrogens with one attached hydrogen (secondary N) is 1. The van der Waals surface area contributed by atoms with Crippen LogP contribution in [0.3, 0.4) is 0 Å². The molecule has 1 saturated carbocycles. The maximum absolute atomic E-state index is 12.8. The predicted molar refractivity (Wildman–Crippen MR) is 85.8 cm³/mol. The third kappa shape index (κ3) is 2.86. The summed E-state index contributed by atoms with van der Waals surface area (Å²) in [4.78, 5) is 17.7. The molecule has 1 atom stereocenters. The molecule has 5 rings (SSSR count). The maximum Gasteiger partial charge on any atom is 0.452 e. The number of amides is 1. The van der Waals surface area contributed by atoms with Gasteiger partial charge < -0.3 is 9.84 Å². The number of halogens is 3. The Hall–Kier alpha value is -2.16. The van der Waals surface area contributed by atoms with Crippen LogP contribution in [0.1, 0.15) is 33.8 Å². The number of hydrogen-bond acceptors (Lipinski definition) is 5. The lowest BCUT2D eigenvalue weighted by atomic mass is 9.75. The van der Waals surface area contributed by atoms with Crippen molar-refractivity contribution < 1.29 is 22.5 Å². The molecule has 0 saturated heterocycles. The molecule has 4 heterocycles. The van der Waals surface area contributed by atoms with Gasteiger partial charge in [0.15, 0.2) is 0 Å². The average Bonchev–Trinajstić information content (AvgIpc) is 3.12. The molecular weight excluding hydrogens is 355 g/mol. The minimum atomic E-state index is -4.59. The van der Waals surface area contributed by atoms with Crippen LogP contribution < -0.4 is 5.32 Å². The van der Waals surface area contributed by atoms with Crippen LogP contribution in [0.25, 0.3) is 10.6 Å². The topological polar surface area (TPSA) is 67.5 Å². The highest BCUT2D eigenvalue weighted by Gasteiger charge is 2.39. The molecule has 0 aromatic carbocycles. The molecule has 0 spiro atoms. The summed E-state index contributed by atoms with van der Waals surface area (Å²) in [5.41, 5.74) is 1.25. The summed E-state index contributed by atoms with van der Waals surface area (Å²) in [5.74, 6) is -0.894. The van der Waals surface area contributed by atoms with E-state index in [1.165, 1.54) is 12.6 Å². The van der Waals surface area contributed by atoms with Crippen molar-refractivity contribution in [3.63, 3.8) is 0 Å². The van der Waals surface area contributed by atoms with E-state index in [-0.39, 0.29) is 23.2 Å². The first kappa shape index (κ1) is 16.3. The molecule has 25 heavy (non-hydrogen) atoms. The molecule has 9 heteroatoms. The number of rotatable bonds is 3. The Morgan fingerprint density at radius 2 is 2.12 bits per heavy atom. The van der Waals surface area contributed by atoms with Gasteiger partial charge in [-0.25, -0.2) is 0 Å². The highest BCUT2D eigenvalue weighted by atomic mass is 32.1. The van der Waals surface area contributed by atoms with Crippen LogP contribution in [0, 0.1) is 12.8 Å². The quantitative estimate of drug-likeness (QED) is 0.897. The molecule has 2 bridgehead atoms. The van der Waals surface area contributed by atoms with E-state index in [2.05, 4.69) is 20.0 Å². The lowest BCUT2D eigenvalue weighted by Crippen LogP contribution is -2.50. The van der Waals surface area contributed by atoms with Gasteiger partial charge >= 0.3 is 6.18 Å². The van der Waals surface area contributed by atoms with E-state index in [9.17, 15) is 18.0 Å². The molecule has 2 aromatic rings. The Balaban J connectivity index is 1.51. The van der Waals surface area contributed by atoms with Crippen molar-refractivity contribution in [3.8, 4) is 10.6 Å². The van der Waals surface area contributed by atoms with Crippen molar-refractivity contribution >= 4 is 23.0 Å². The van der Waals surface area contributed by atoms with Crippen LogP contribution in [0.2, 0.25) is 0 Å². The molecule has 2 aromatic heterocycles. The number of alkyl halides is 3. The molecular formula is C16H14F3N3O2S. The van der Waals surface area contributed by atoms with Gasteiger partial charge in [0.2, 0.25) is 5.76 Å². The molecule has 1 fully saturated rings. The summed E-state index contributed by atoms with van der Waals surface area (Å²) in [6.45, 7) is 1.91. The Kier molecular flexibility index (Phi) is 3.71. The number of aromatic nitrogens is 1. The number of nitrogens with zero attached hydrogens (tertiary/aromatic N) is 2. The van der Waals surface area contributed by atoms with Crippen molar-refractivity contribution in [1.29, 1.82) is 0 Å². The number of hydrogen-bond donors (Lipinski definition) is 1. The molecule has 1 unspecified atom stereocenters. The zero-order valence-electron chi connectivity index (χ0n) is 13.2. The molecule has 3 aliphatic rings. The van der Waals surface area contributed by atoms with Crippen molar-refractivity contribution in [2.45, 2.75) is 32.0 Å². The Morgan fingerprint density at radius 1 is 1.36 bits per heavy atom. The summed E-state index contributed by atoms with van der Waals surface area (Å²) < 4.78 is 42.9. The first-order chi connectivity index (χ1) is 11.8. The van der Waals surface area contributed by atoms with Crippen molar-refractivity contribution in [1.82, 2.24) is 10.5 Å². The van der Waals surface area contributed by atoms with E-state index < -0.39 is 11.9 Å². The summed E-state index contributed by atoms with van der Waals surface area (Å²) >= 11 is 1.10. The van der Waals surface area contributed by atoms with Gasteiger partial charge in [-0.05, 0) is 37.8 Å². The Morgan fingerprint density at radius 3 is 2.72 bits per heavy atom. The Bertz CT molecular complexity index is 860. The normalized spacial score (nSPS) is 22.3.